The van der Waals surface area contributed by atoms with E-state index in [-0.39, 0.29) is 71.7 Å². The maximum absolute atomic E-state index is 16.8. The number of halogens is 5. The minimum atomic E-state index is -4.76. The van der Waals surface area contributed by atoms with Gasteiger partial charge in [0.15, 0.2) is 5.82 Å². The van der Waals surface area contributed by atoms with E-state index in [1.807, 2.05) is 4.90 Å². The van der Waals surface area contributed by atoms with Gasteiger partial charge in [0.1, 0.15) is 29.8 Å². The molecule has 7 heterocycles. The van der Waals surface area contributed by atoms with Gasteiger partial charge in [-0.3, -0.25) is 14.7 Å². The molecule has 6 bridgehead atoms. The highest BCUT2D eigenvalue weighted by atomic mass is 19.4. The van der Waals surface area contributed by atoms with Crippen molar-refractivity contribution in [2.45, 2.75) is 82.1 Å². The maximum Gasteiger partial charge on any atom is 0.416 e. The maximum atomic E-state index is 16.8. The first kappa shape index (κ1) is 32.7. The lowest BCUT2D eigenvalue weighted by atomic mass is 9.92. The van der Waals surface area contributed by atoms with E-state index in [4.69, 9.17) is 15.5 Å². The lowest BCUT2D eigenvalue weighted by Gasteiger charge is -2.34. The third-order valence-corrected chi connectivity index (χ3v) is 10.5. The molecule has 0 saturated carbocycles. The van der Waals surface area contributed by atoms with E-state index >= 15 is 4.39 Å². The highest BCUT2D eigenvalue weighted by Gasteiger charge is 2.49. The summed E-state index contributed by atoms with van der Waals surface area (Å²) in [5.41, 5.74) is 3.69. The van der Waals surface area contributed by atoms with Crippen LogP contribution in [0.5, 0.6) is 6.01 Å². The van der Waals surface area contributed by atoms with E-state index in [0.717, 1.165) is 44.7 Å². The van der Waals surface area contributed by atoms with E-state index in [1.54, 1.807) is 0 Å². The van der Waals surface area contributed by atoms with Gasteiger partial charge in [0.05, 0.1) is 16.5 Å². The summed E-state index contributed by atoms with van der Waals surface area (Å²) in [6, 6.07) is 2.08. The molecule has 3 fully saturated rings. The zero-order valence-electron chi connectivity index (χ0n) is 26.7. The summed E-state index contributed by atoms with van der Waals surface area (Å²) >= 11 is 0. The number of pyridine rings is 1. The molecule has 1 aromatic carbocycles. The molecule has 2 aromatic heterocycles. The van der Waals surface area contributed by atoms with Gasteiger partial charge in [-0.2, -0.15) is 23.1 Å². The van der Waals surface area contributed by atoms with Gasteiger partial charge >= 0.3 is 12.2 Å². The van der Waals surface area contributed by atoms with Crippen LogP contribution < -0.4 is 20.7 Å². The van der Waals surface area contributed by atoms with Gasteiger partial charge < -0.3 is 20.7 Å². The fraction of sp³-hybridized carbons (Fsp3) is 0.588. The van der Waals surface area contributed by atoms with Crippen LogP contribution in [-0.2, 0) is 17.4 Å². The second-order valence-corrected chi connectivity index (χ2v) is 13.8. The second kappa shape index (κ2) is 12.9. The molecule has 0 radical (unpaired) electrons. The van der Waals surface area contributed by atoms with Gasteiger partial charge in [-0.05, 0) is 81.5 Å². The van der Waals surface area contributed by atoms with E-state index in [0.29, 0.717) is 50.2 Å². The molecule has 3 saturated heterocycles. The summed E-state index contributed by atoms with van der Waals surface area (Å²) in [6.07, 6.45) is 0.987. The average molecular weight is 674 g/mol. The number of amides is 1. The molecule has 1 unspecified atom stereocenters. The third-order valence-electron chi connectivity index (χ3n) is 10.5. The van der Waals surface area contributed by atoms with Crippen molar-refractivity contribution in [3.63, 3.8) is 0 Å². The summed E-state index contributed by atoms with van der Waals surface area (Å²) < 4.78 is 80.6. The quantitative estimate of drug-likeness (QED) is 0.264. The molecule has 3 atom stereocenters. The van der Waals surface area contributed by atoms with E-state index < -0.39 is 29.3 Å². The van der Waals surface area contributed by atoms with Gasteiger partial charge in [0.2, 0.25) is 5.91 Å². The minimum Gasteiger partial charge on any atom is -0.461 e. The average Bonchev–Trinajstić information content (AvgIpc) is 3.57. The summed E-state index contributed by atoms with van der Waals surface area (Å²) in [6.45, 7) is 2.96. The number of nitrogens with one attached hydrogen (secondary N) is 1. The van der Waals surface area contributed by atoms with Gasteiger partial charge in [-0.1, -0.05) is 0 Å². The molecule has 0 aliphatic carbocycles. The van der Waals surface area contributed by atoms with Crippen LogP contribution in [0.3, 0.4) is 0 Å². The van der Waals surface area contributed by atoms with Crippen molar-refractivity contribution in [3.05, 3.63) is 35.3 Å². The Morgan fingerprint density at radius 3 is 2.73 bits per heavy atom. The number of aromatic nitrogens is 3. The van der Waals surface area contributed by atoms with E-state index in [9.17, 15) is 22.4 Å². The summed E-state index contributed by atoms with van der Waals surface area (Å²) in [5, 5.41) is 3.27. The van der Waals surface area contributed by atoms with Crippen LogP contribution in [0.25, 0.3) is 22.2 Å². The molecule has 3 N–H and O–H groups in total. The zero-order valence-corrected chi connectivity index (χ0v) is 26.7. The minimum absolute atomic E-state index is 0.0652. The van der Waals surface area contributed by atoms with Crippen LogP contribution in [0.15, 0.2) is 18.3 Å². The molecular weight excluding hydrogens is 633 g/mol. The lowest BCUT2D eigenvalue weighted by molar-refractivity contribution is -0.138. The number of hydrogen-bond donors (Lipinski definition) is 2. The van der Waals surface area contributed by atoms with Crippen LogP contribution in [0.4, 0.5) is 33.5 Å². The van der Waals surface area contributed by atoms with Crippen LogP contribution in [0, 0.1) is 11.7 Å². The standard InChI is InChI=1S/C34H40F5N7O2/c35-21-15-33(9-4-12-46(33)18-21)19-48-32-43-30-25-16-42-29(28(30)36)24-13-22(40)14-26(34(37,38)39)23(24)6-1-2-7-27(47)41-10-8-20-5-3-11-45(17-20)31(25)44-32/h13-14,16,20-21H,1-12,15,17-19,40H2,(H,41,47)/t20?,21-,33+/m1/s1. The van der Waals surface area contributed by atoms with Crippen LogP contribution >= 0.6 is 0 Å². The number of rotatable bonds is 3. The molecule has 9 nitrogen and oxygen atoms in total. The van der Waals surface area contributed by atoms with Crippen LogP contribution in [0.1, 0.15) is 68.9 Å². The predicted octanol–water partition coefficient (Wildman–Crippen LogP) is 5.84. The first-order valence-corrected chi connectivity index (χ1v) is 16.9. The number of carbonyl (C=O) groups excluding carboxylic acids is 1. The molecule has 14 heteroatoms. The number of anilines is 2. The normalized spacial score (nSPS) is 25.5. The topological polar surface area (TPSA) is 110 Å². The number of nitrogens with two attached hydrogens (primary N) is 1. The molecule has 8 rings (SSSR count). The van der Waals surface area contributed by atoms with Gasteiger partial charge in [-0.15, -0.1) is 0 Å². The molecule has 1 amide bonds. The Balaban J connectivity index is 1.36. The number of piperidine rings is 1. The summed E-state index contributed by atoms with van der Waals surface area (Å²) in [5.74, 6) is -0.394. The smallest absolute Gasteiger partial charge is 0.416 e. The fourth-order valence-corrected chi connectivity index (χ4v) is 8.18. The van der Waals surface area contributed by atoms with Crippen LogP contribution in [-0.4, -0.2) is 76.8 Å². The Hall–Kier alpha value is -3.81. The highest BCUT2D eigenvalue weighted by molar-refractivity contribution is 5.92. The van der Waals surface area contributed by atoms with Gasteiger partial charge in [0, 0.05) is 56.5 Å². The monoisotopic (exact) mass is 673 g/mol. The van der Waals surface area contributed by atoms with Gasteiger partial charge in [-0.25, -0.2) is 8.78 Å². The van der Waals surface area contributed by atoms with Gasteiger partial charge in [0.25, 0.3) is 0 Å². The molecule has 258 valence electrons. The molecule has 3 aromatic rings. The van der Waals surface area contributed by atoms with Crippen molar-refractivity contribution in [1.82, 2.24) is 25.2 Å². The second-order valence-electron chi connectivity index (χ2n) is 13.8. The number of nitrogen functional groups attached to an aromatic ring is 1. The van der Waals surface area contributed by atoms with Crippen LogP contribution in [0.2, 0.25) is 0 Å². The predicted molar refractivity (Wildman–Crippen MR) is 171 cm³/mol. The Bertz CT molecular complexity index is 1700. The summed E-state index contributed by atoms with van der Waals surface area (Å²) in [7, 11) is 0. The lowest BCUT2D eigenvalue weighted by Crippen LogP contribution is -2.43. The number of nitrogens with zero attached hydrogens (tertiary/aromatic N) is 5. The highest BCUT2D eigenvalue weighted by Crippen LogP contribution is 2.43. The number of fused-ring (bicyclic) bond motifs is 9. The molecule has 5 aliphatic heterocycles. The largest absolute Gasteiger partial charge is 0.461 e. The van der Waals surface area contributed by atoms with Crippen molar-refractivity contribution in [3.8, 4) is 17.3 Å². The summed E-state index contributed by atoms with van der Waals surface area (Å²) in [4.78, 5) is 30.3. The van der Waals surface area contributed by atoms with E-state index in [1.165, 1.54) is 12.3 Å². The SMILES string of the molecule is Nc1cc2c(c(C(F)(F)F)c1)CCCCC(=O)NCCC1CCCN(C1)c1nc(OC[C@@]34CCCN3C[C@H](F)C4)nc3c(F)c-2ncc13. The molecule has 5 aliphatic rings. The first-order chi connectivity index (χ1) is 23.0. The third kappa shape index (κ3) is 6.35. The number of hydrogen-bond acceptors (Lipinski definition) is 8. The zero-order chi connectivity index (χ0) is 33.6. The fourth-order valence-electron chi connectivity index (χ4n) is 8.18. The Morgan fingerprint density at radius 2 is 1.90 bits per heavy atom. The Morgan fingerprint density at radius 1 is 1.06 bits per heavy atom. The van der Waals surface area contributed by atoms with Crippen molar-refractivity contribution in [1.29, 1.82) is 0 Å². The molecule has 48 heavy (non-hydrogen) atoms. The molecule has 0 spiro atoms. The van der Waals surface area contributed by atoms with Crippen molar-refractivity contribution in [2.24, 2.45) is 5.92 Å². The number of carbonyl (C=O) groups is 1. The molecular formula is C34H40F5N7O2. The van der Waals surface area contributed by atoms with E-state index in [2.05, 4.69) is 20.2 Å². The van der Waals surface area contributed by atoms with Crippen molar-refractivity contribution >= 4 is 28.3 Å². The Labute approximate surface area is 275 Å². The first-order valence-electron chi connectivity index (χ1n) is 16.9. The number of benzene rings is 1. The van der Waals surface area contributed by atoms with Crippen molar-refractivity contribution < 1.29 is 31.5 Å². The van der Waals surface area contributed by atoms with Crippen molar-refractivity contribution in [2.75, 3.05) is 50.0 Å². The Kier molecular flexibility index (Phi) is 8.80. The number of ether oxygens (including phenoxy) is 1. The number of alkyl halides is 4.